The molecule has 0 spiro atoms. The Morgan fingerprint density at radius 2 is 1.81 bits per heavy atom. The summed E-state index contributed by atoms with van der Waals surface area (Å²) in [4.78, 5) is 39.8. The Morgan fingerprint density at radius 1 is 1.07 bits per heavy atom. The minimum atomic E-state index is -3.15. The lowest BCUT2D eigenvalue weighted by Crippen LogP contribution is -2.38. The summed E-state index contributed by atoms with van der Waals surface area (Å²) >= 11 is 0. The lowest BCUT2D eigenvalue weighted by Gasteiger charge is -2.13. The minimum absolute atomic E-state index is 0.00190. The lowest BCUT2D eigenvalue weighted by atomic mass is 10.2. The van der Waals surface area contributed by atoms with E-state index in [2.05, 4.69) is 20.4 Å². The van der Waals surface area contributed by atoms with Gasteiger partial charge < -0.3 is 35.4 Å². The molecule has 1 aromatic heterocycles. The first-order valence-electron chi connectivity index (χ1n) is 13.1. The topological polar surface area (TPSA) is 166 Å². The molecule has 0 aliphatic heterocycles. The van der Waals surface area contributed by atoms with Crippen LogP contribution in [0.2, 0.25) is 0 Å². The van der Waals surface area contributed by atoms with Gasteiger partial charge >= 0.3 is 12.6 Å². The largest absolute Gasteiger partial charge is 0.490 e. The van der Waals surface area contributed by atoms with Gasteiger partial charge in [0, 0.05) is 30.2 Å². The lowest BCUT2D eigenvalue weighted by molar-refractivity contribution is -0.141. The summed E-state index contributed by atoms with van der Waals surface area (Å²) in [6, 6.07) is 4.95. The number of hydrogen-bond donors (Lipinski definition) is 4. The van der Waals surface area contributed by atoms with Crippen LogP contribution in [-0.2, 0) is 16.1 Å². The van der Waals surface area contributed by atoms with E-state index < -0.39 is 48.1 Å². The Kier molecular flexibility index (Phi) is 11.5. The van der Waals surface area contributed by atoms with E-state index in [0.29, 0.717) is 18.9 Å². The molecule has 0 aliphatic carbocycles. The van der Waals surface area contributed by atoms with Crippen molar-refractivity contribution >= 4 is 17.8 Å². The molecule has 2 amide bonds. The fraction of sp³-hybridized carbons (Fsp3) is 0.357. The molecule has 3 rings (SSSR count). The zero-order valence-electron chi connectivity index (χ0n) is 23.2. The standard InChI is InChI=1S/C28H30F4N4O7/c1-14(33)24-23(25(38)34-13-17-6-8-18(29)12-19(17)30)36-26(43-24)16-7-9-20(42-28(31)32)21(11-16)41-10-4-3-5-22(37)35-15(2)27(39)40/h6-9,11-12,14-15,28H,3-5,10,13,33H2,1-2H3,(H,34,38)(H,35,37)(H,39,40). The van der Waals surface area contributed by atoms with Crippen LogP contribution in [0.4, 0.5) is 17.6 Å². The monoisotopic (exact) mass is 610 g/mol. The smallest absolute Gasteiger partial charge is 0.387 e. The number of alkyl halides is 2. The van der Waals surface area contributed by atoms with Crippen molar-refractivity contribution in [1.82, 2.24) is 15.6 Å². The molecule has 0 aliphatic rings. The number of carbonyl (C=O) groups excluding carboxylic acids is 2. The molecule has 0 bridgehead atoms. The van der Waals surface area contributed by atoms with E-state index in [-0.39, 0.29) is 59.5 Å². The van der Waals surface area contributed by atoms with E-state index in [1.165, 1.54) is 38.1 Å². The molecule has 2 unspecified atom stereocenters. The number of nitrogens with two attached hydrogens (primary N) is 1. The number of rotatable bonds is 15. The van der Waals surface area contributed by atoms with Gasteiger partial charge in [0.15, 0.2) is 23.0 Å². The van der Waals surface area contributed by atoms with Crippen LogP contribution in [0.25, 0.3) is 11.5 Å². The normalized spacial score (nSPS) is 12.5. The van der Waals surface area contributed by atoms with Crippen LogP contribution < -0.4 is 25.8 Å². The van der Waals surface area contributed by atoms with Crippen molar-refractivity contribution in [3.05, 3.63) is 65.1 Å². The van der Waals surface area contributed by atoms with Crippen molar-refractivity contribution in [3.8, 4) is 23.0 Å². The second-order valence-corrected chi connectivity index (χ2v) is 9.41. The number of benzene rings is 2. The number of carboxylic acid groups (broad SMARTS) is 1. The van der Waals surface area contributed by atoms with Crippen LogP contribution in [0.1, 0.15) is 61.0 Å². The fourth-order valence-corrected chi connectivity index (χ4v) is 3.74. The van der Waals surface area contributed by atoms with E-state index in [4.69, 9.17) is 20.0 Å². The number of nitrogens with one attached hydrogen (secondary N) is 2. The molecular weight excluding hydrogens is 580 g/mol. The molecule has 0 saturated carbocycles. The number of aliphatic carboxylic acids is 1. The van der Waals surface area contributed by atoms with Crippen LogP contribution in [0, 0.1) is 11.6 Å². The number of hydrogen-bond acceptors (Lipinski definition) is 8. The third-order valence-corrected chi connectivity index (χ3v) is 5.95. The molecule has 0 radical (unpaired) electrons. The molecule has 5 N–H and O–H groups in total. The SMILES string of the molecule is CC(NC(=O)CCCCOc1cc(-c2nc(C(=O)NCc3ccc(F)cc3F)c(C(C)N)o2)ccc1OC(F)F)C(=O)O. The van der Waals surface area contributed by atoms with E-state index in [1.54, 1.807) is 0 Å². The van der Waals surface area contributed by atoms with Gasteiger partial charge in [0.2, 0.25) is 11.8 Å². The Morgan fingerprint density at radius 3 is 2.47 bits per heavy atom. The van der Waals surface area contributed by atoms with Gasteiger partial charge in [0.05, 0.1) is 12.6 Å². The number of halogens is 4. The predicted octanol–water partition coefficient (Wildman–Crippen LogP) is 4.31. The highest BCUT2D eigenvalue weighted by molar-refractivity contribution is 5.94. The summed E-state index contributed by atoms with van der Waals surface area (Å²) in [5, 5.41) is 13.6. The number of unbranched alkanes of at least 4 members (excludes halogenated alkanes) is 1. The second-order valence-electron chi connectivity index (χ2n) is 9.41. The van der Waals surface area contributed by atoms with Gasteiger partial charge in [-0.3, -0.25) is 14.4 Å². The molecule has 2 aromatic carbocycles. The van der Waals surface area contributed by atoms with Gasteiger partial charge in [-0.05, 0) is 51.0 Å². The summed E-state index contributed by atoms with van der Waals surface area (Å²) in [5.74, 6) is -4.47. The zero-order valence-corrected chi connectivity index (χ0v) is 23.2. The zero-order chi connectivity index (χ0) is 31.7. The average Bonchev–Trinajstić information content (AvgIpc) is 3.39. The molecule has 3 aromatic rings. The Hall–Kier alpha value is -4.66. The van der Waals surface area contributed by atoms with Gasteiger partial charge in [-0.1, -0.05) is 6.07 Å². The van der Waals surface area contributed by atoms with E-state index in [0.717, 1.165) is 6.07 Å². The number of oxazole rings is 1. The van der Waals surface area contributed by atoms with Gasteiger partial charge in [-0.25, -0.2) is 13.8 Å². The average molecular weight is 611 g/mol. The summed E-state index contributed by atoms with van der Waals surface area (Å²) in [5.41, 5.74) is 6.02. The molecule has 43 heavy (non-hydrogen) atoms. The number of aromatic nitrogens is 1. The summed E-state index contributed by atoms with van der Waals surface area (Å²) in [7, 11) is 0. The fourth-order valence-electron chi connectivity index (χ4n) is 3.74. The van der Waals surface area contributed by atoms with Gasteiger partial charge in [0.25, 0.3) is 5.91 Å². The van der Waals surface area contributed by atoms with Gasteiger partial charge in [-0.15, -0.1) is 0 Å². The maximum absolute atomic E-state index is 14.0. The van der Waals surface area contributed by atoms with Crippen LogP contribution in [0.5, 0.6) is 11.5 Å². The van der Waals surface area contributed by atoms with Crippen LogP contribution in [0.15, 0.2) is 40.8 Å². The van der Waals surface area contributed by atoms with Crippen LogP contribution in [-0.4, -0.2) is 47.1 Å². The number of amides is 2. The van der Waals surface area contributed by atoms with E-state index in [1.807, 2.05) is 0 Å². The number of ether oxygens (including phenoxy) is 2. The predicted molar refractivity (Wildman–Crippen MR) is 143 cm³/mol. The molecule has 232 valence electrons. The maximum Gasteiger partial charge on any atom is 0.387 e. The van der Waals surface area contributed by atoms with Crippen molar-refractivity contribution in [2.24, 2.45) is 5.73 Å². The van der Waals surface area contributed by atoms with E-state index in [9.17, 15) is 31.9 Å². The molecule has 15 heteroatoms. The molecule has 0 saturated heterocycles. The summed E-state index contributed by atoms with van der Waals surface area (Å²) in [6.07, 6.45) is 0.664. The first-order valence-corrected chi connectivity index (χ1v) is 13.1. The van der Waals surface area contributed by atoms with Gasteiger partial charge in [0.1, 0.15) is 17.7 Å². The Balaban J connectivity index is 1.73. The molecule has 0 fully saturated rings. The molecule has 2 atom stereocenters. The Bertz CT molecular complexity index is 1450. The van der Waals surface area contributed by atoms with Crippen molar-refractivity contribution in [2.75, 3.05) is 6.61 Å². The van der Waals surface area contributed by atoms with Crippen LogP contribution >= 0.6 is 0 Å². The molecule has 1 heterocycles. The van der Waals surface area contributed by atoms with Gasteiger partial charge in [-0.2, -0.15) is 8.78 Å². The van der Waals surface area contributed by atoms with Crippen LogP contribution in [0.3, 0.4) is 0 Å². The molecule has 11 nitrogen and oxygen atoms in total. The molecular formula is C28H30F4N4O7. The number of carbonyl (C=O) groups is 3. The second kappa shape index (κ2) is 15.0. The Labute approximate surface area is 243 Å². The minimum Gasteiger partial charge on any atom is -0.490 e. The quantitative estimate of drug-likeness (QED) is 0.145. The first kappa shape index (κ1) is 32.8. The van der Waals surface area contributed by atoms with Crippen molar-refractivity contribution < 1.29 is 50.9 Å². The summed E-state index contributed by atoms with van der Waals surface area (Å²) < 4.78 is 69.0. The maximum atomic E-state index is 14.0. The van der Waals surface area contributed by atoms with Crippen molar-refractivity contribution in [2.45, 2.75) is 58.3 Å². The highest BCUT2D eigenvalue weighted by Gasteiger charge is 2.24. The number of nitrogens with zero attached hydrogens (tertiary/aromatic N) is 1. The third kappa shape index (κ3) is 9.43. The van der Waals surface area contributed by atoms with Crippen molar-refractivity contribution in [3.63, 3.8) is 0 Å². The summed E-state index contributed by atoms with van der Waals surface area (Å²) in [6.45, 7) is -0.562. The first-order chi connectivity index (χ1) is 20.3. The third-order valence-electron chi connectivity index (χ3n) is 5.95. The van der Waals surface area contributed by atoms with E-state index >= 15 is 0 Å². The van der Waals surface area contributed by atoms with Crippen molar-refractivity contribution in [1.29, 1.82) is 0 Å². The highest BCUT2D eigenvalue weighted by atomic mass is 19.3. The number of carboxylic acids is 1. The highest BCUT2D eigenvalue weighted by Crippen LogP contribution is 2.35.